The van der Waals surface area contributed by atoms with Gasteiger partial charge in [-0.15, -0.1) is 0 Å². The lowest BCUT2D eigenvalue weighted by Crippen LogP contribution is -2.12. The van der Waals surface area contributed by atoms with Crippen molar-refractivity contribution < 1.29 is 0 Å². The van der Waals surface area contributed by atoms with Gasteiger partial charge in [0.15, 0.2) is 0 Å². The predicted octanol–water partition coefficient (Wildman–Crippen LogP) is 1.29. The SMILES string of the molecule is CC(N)c1nccn1-c1ccccn1. The molecule has 0 spiro atoms. The second-order valence-electron chi connectivity index (χ2n) is 3.13. The molecule has 0 fully saturated rings. The maximum atomic E-state index is 5.79. The summed E-state index contributed by atoms with van der Waals surface area (Å²) in [4.78, 5) is 8.42. The van der Waals surface area contributed by atoms with Crippen LogP contribution in [-0.4, -0.2) is 14.5 Å². The molecule has 2 N–H and O–H groups in total. The first-order chi connectivity index (χ1) is 6.79. The zero-order valence-electron chi connectivity index (χ0n) is 7.96. The van der Waals surface area contributed by atoms with Crippen molar-refractivity contribution in [3.05, 3.63) is 42.6 Å². The first kappa shape index (κ1) is 8.90. The number of pyridine rings is 1. The molecule has 72 valence electrons. The van der Waals surface area contributed by atoms with Crippen molar-refractivity contribution in [1.82, 2.24) is 14.5 Å². The van der Waals surface area contributed by atoms with Crippen LogP contribution in [0.15, 0.2) is 36.8 Å². The number of nitrogens with zero attached hydrogens (tertiary/aromatic N) is 3. The molecule has 0 amide bonds. The van der Waals surface area contributed by atoms with E-state index in [1.807, 2.05) is 35.9 Å². The summed E-state index contributed by atoms with van der Waals surface area (Å²) >= 11 is 0. The van der Waals surface area contributed by atoms with E-state index in [2.05, 4.69) is 9.97 Å². The van der Waals surface area contributed by atoms with Gasteiger partial charge < -0.3 is 5.73 Å². The molecule has 4 nitrogen and oxygen atoms in total. The lowest BCUT2D eigenvalue weighted by atomic mass is 10.3. The third-order valence-electron chi connectivity index (χ3n) is 1.97. The smallest absolute Gasteiger partial charge is 0.138 e. The molecule has 14 heavy (non-hydrogen) atoms. The Morgan fingerprint density at radius 3 is 2.79 bits per heavy atom. The Morgan fingerprint density at radius 2 is 2.14 bits per heavy atom. The van der Waals surface area contributed by atoms with Crippen molar-refractivity contribution in [2.75, 3.05) is 0 Å². The average Bonchev–Trinajstić information content (AvgIpc) is 2.67. The summed E-state index contributed by atoms with van der Waals surface area (Å²) in [6.07, 6.45) is 5.34. The summed E-state index contributed by atoms with van der Waals surface area (Å²) in [5.41, 5.74) is 5.79. The van der Waals surface area contributed by atoms with E-state index in [1.54, 1.807) is 12.4 Å². The molecule has 1 atom stereocenters. The van der Waals surface area contributed by atoms with Crippen molar-refractivity contribution >= 4 is 0 Å². The fourth-order valence-electron chi connectivity index (χ4n) is 1.34. The number of hydrogen-bond donors (Lipinski definition) is 1. The van der Waals surface area contributed by atoms with Crippen LogP contribution in [0, 0.1) is 0 Å². The second kappa shape index (κ2) is 3.59. The van der Waals surface area contributed by atoms with Gasteiger partial charge in [0.1, 0.15) is 11.6 Å². The highest BCUT2D eigenvalue weighted by atomic mass is 15.1. The molecule has 2 rings (SSSR count). The molecular formula is C10H12N4. The minimum Gasteiger partial charge on any atom is -0.322 e. The van der Waals surface area contributed by atoms with Crippen molar-refractivity contribution in [3.8, 4) is 5.82 Å². The maximum absolute atomic E-state index is 5.79. The highest BCUT2D eigenvalue weighted by Crippen LogP contribution is 2.11. The lowest BCUT2D eigenvalue weighted by Gasteiger charge is -2.08. The van der Waals surface area contributed by atoms with E-state index >= 15 is 0 Å². The highest BCUT2D eigenvalue weighted by Gasteiger charge is 2.08. The van der Waals surface area contributed by atoms with Crippen LogP contribution in [0.4, 0.5) is 0 Å². The minimum absolute atomic E-state index is 0.0907. The van der Waals surface area contributed by atoms with Gasteiger partial charge in [-0.1, -0.05) is 6.07 Å². The fourth-order valence-corrected chi connectivity index (χ4v) is 1.34. The normalized spacial score (nSPS) is 12.7. The molecule has 0 radical (unpaired) electrons. The fraction of sp³-hybridized carbons (Fsp3) is 0.200. The van der Waals surface area contributed by atoms with Gasteiger partial charge in [-0.3, -0.25) is 4.57 Å². The molecule has 2 aromatic rings. The van der Waals surface area contributed by atoms with Gasteiger partial charge in [-0.2, -0.15) is 0 Å². The van der Waals surface area contributed by atoms with Crippen LogP contribution >= 0.6 is 0 Å². The van der Waals surface area contributed by atoms with E-state index in [-0.39, 0.29) is 6.04 Å². The van der Waals surface area contributed by atoms with Crippen LogP contribution in [0.25, 0.3) is 5.82 Å². The van der Waals surface area contributed by atoms with Crippen molar-refractivity contribution in [2.24, 2.45) is 5.73 Å². The van der Waals surface area contributed by atoms with Crippen LogP contribution in [0.2, 0.25) is 0 Å². The van der Waals surface area contributed by atoms with Crippen LogP contribution in [-0.2, 0) is 0 Å². The van der Waals surface area contributed by atoms with Crippen LogP contribution in [0.5, 0.6) is 0 Å². The van der Waals surface area contributed by atoms with E-state index < -0.39 is 0 Å². The molecular weight excluding hydrogens is 176 g/mol. The summed E-state index contributed by atoms with van der Waals surface area (Å²) in [6, 6.07) is 5.65. The predicted molar refractivity (Wildman–Crippen MR) is 54.0 cm³/mol. The van der Waals surface area contributed by atoms with Crippen LogP contribution < -0.4 is 5.73 Å². The standard InChI is InChI=1S/C10H12N4/c1-8(11)10-13-6-7-14(10)9-4-2-3-5-12-9/h2-8H,11H2,1H3. The Morgan fingerprint density at radius 1 is 1.29 bits per heavy atom. The third kappa shape index (κ3) is 1.52. The molecule has 0 aliphatic rings. The summed E-state index contributed by atoms with van der Waals surface area (Å²) < 4.78 is 1.89. The Hall–Kier alpha value is -1.68. The molecule has 4 heteroatoms. The van der Waals surface area contributed by atoms with Gasteiger partial charge in [0, 0.05) is 18.6 Å². The number of hydrogen-bond acceptors (Lipinski definition) is 3. The third-order valence-corrected chi connectivity index (χ3v) is 1.97. The minimum atomic E-state index is -0.0907. The summed E-state index contributed by atoms with van der Waals surface area (Å²) in [5.74, 6) is 1.67. The van der Waals surface area contributed by atoms with E-state index in [0.29, 0.717) is 0 Å². The van der Waals surface area contributed by atoms with Gasteiger partial charge in [0.2, 0.25) is 0 Å². The van der Waals surface area contributed by atoms with Gasteiger partial charge in [-0.25, -0.2) is 9.97 Å². The quantitative estimate of drug-likeness (QED) is 0.772. The Labute approximate surface area is 82.4 Å². The lowest BCUT2D eigenvalue weighted by molar-refractivity contribution is 0.714. The molecule has 1 unspecified atom stereocenters. The second-order valence-corrected chi connectivity index (χ2v) is 3.13. The van der Waals surface area contributed by atoms with E-state index in [9.17, 15) is 0 Å². The van der Waals surface area contributed by atoms with Gasteiger partial charge in [0.25, 0.3) is 0 Å². The van der Waals surface area contributed by atoms with Crippen molar-refractivity contribution in [2.45, 2.75) is 13.0 Å². The number of nitrogens with two attached hydrogens (primary N) is 1. The number of aromatic nitrogens is 3. The van der Waals surface area contributed by atoms with Crippen molar-refractivity contribution in [1.29, 1.82) is 0 Å². The first-order valence-corrected chi connectivity index (χ1v) is 4.49. The number of rotatable bonds is 2. The number of imidazole rings is 1. The Balaban J connectivity index is 2.47. The summed E-state index contributed by atoms with van der Waals surface area (Å²) in [7, 11) is 0. The van der Waals surface area contributed by atoms with Crippen molar-refractivity contribution in [3.63, 3.8) is 0 Å². The van der Waals surface area contributed by atoms with Gasteiger partial charge in [0.05, 0.1) is 6.04 Å². The van der Waals surface area contributed by atoms with E-state index in [1.165, 1.54) is 0 Å². The van der Waals surface area contributed by atoms with E-state index in [0.717, 1.165) is 11.6 Å². The molecule has 2 heterocycles. The maximum Gasteiger partial charge on any atom is 0.138 e. The van der Waals surface area contributed by atoms with Gasteiger partial charge >= 0.3 is 0 Å². The summed E-state index contributed by atoms with van der Waals surface area (Å²) in [5, 5.41) is 0. The van der Waals surface area contributed by atoms with Crippen LogP contribution in [0.1, 0.15) is 18.8 Å². The largest absolute Gasteiger partial charge is 0.322 e. The molecule has 0 saturated carbocycles. The van der Waals surface area contributed by atoms with Crippen LogP contribution in [0.3, 0.4) is 0 Å². The molecule has 0 aliphatic heterocycles. The zero-order valence-corrected chi connectivity index (χ0v) is 7.96. The molecule has 0 saturated heterocycles. The summed E-state index contributed by atoms with van der Waals surface area (Å²) in [6.45, 7) is 1.90. The Bertz CT molecular complexity index is 405. The van der Waals surface area contributed by atoms with E-state index in [4.69, 9.17) is 5.73 Å². The molecule has 0 aromatic carbocycles. The highest BCUT2D eigenvalue weighted by molar-refractivity contribution is 5.24. The Kier molecular flexibility index (Phi) is 2.28. The first-order valence-electron chi connectivity index (χ1n) is 4.49. The van der Waals surface area contributed by atoms with Gasteiger partial charge in [-0.05, 0) is 19.1 Å². The topological polar surface area (TPSA) is 56.7 Å². The molecule has 0 bridgehead atoms. The average molecular weight is 188 g/mol. The monoisotopic (exact) mass is 188 g/mol. The molecule has 2 aromatic heterocycles. The zero-order chi connectivity index (χ0) is 9.97. The molecule has 0 aliphatic carbocycles.